The van der Waals surface area contributed by atoms with Gasteiger partial charge >= 0.3 is 0 Å². The van der Waals surface area contributed by atoms with Crippen molar-refractivity contribution in [2.75, 3.05) is 5.73 Å². The summed E-state index contributed by atoms with van der Waals surface area (Å²) in [6.07, 6.45) is 0. The monoisotopic (exact) mass is 276 g/mol. The second-order valence-corrected chi connectivity index (χ2v) is 5.68. The second kappa shape index (κ2) is 5.32. The highest BCUT2D eigenvalue weighted by Gasteiger charge is 2.11. The summed E-state index contributed by atoms with van der Waals surface area (Å²) in [5.41, 5.74) is 7.93. The predicted octanol–water partition coefficient (Wildman–Crippen LogP) is 2.58. The van der Waals surface area contributed by atoms with Gasteiger partial charge in [-0.3, -0.25) is 4.79 Å². The number of nitrogen functional groups attached to an aromatic ring is 1. The van der Waals surface area contributed by atoms with Crippen molar-refractivity contribution in [3.8, 4) is 5.75 Å². The zero-order chi connectivity index (χ0) is 14.0. The summed E-state index contributed by atoms with van der Waals surface area (Å²) in [4.78, 5) is 13.8. The lowest BCUT2D eigenvalue weighted by atomic mass is 10.2. The minimum Gasteiger partial charge on any atom is -0.508 e. The maximum absolute atomic E-state index is 12.0. The number of thiophene rings is 1. The van der Waals surface area contributed by atoms with Crippen LogP contribution in [0.4, 0.5) is 5.69 Å². The summed E-state index contributed by atoms with van der Waals surface area (Å²) in [6, 6.07) is 6.66. The fourth-order valence-electron chi connectivity index (χ4n) is 1.69. The third-order valence-electron chi connectivity index (χ3n) is 2.93. The summed E-state index contributed by atoms with van der Waals surface area (Å²) < 4.78 is 0. The maximum atomic E-state index is 12.0. The number of aromatic hydroxyl groups is 1. The number of hydrogen-bond donors (Lipinski definition) is 3. The Morgan fingerprint density at radius 1 is 1.37 bits per heavy atom. The standard InChI is InChI=1S/C14H16N2O2S/c1-8-5-13(19-9(8)2)14(18)16-7-10-6-11(15)3-4-12(10)17/h3-6,17H,7,15H2,1-2H3,(H,16,18). The Morgan fingerprint density at radius 3 is 2.74 bits per heavy atom. The number of nitrogens with two attached hydrogens (primary N) is 1. The minimum absolute atomic E-state index is 0.132. The van der Waals surface area contributed by atoms with Crippen LogP contribution in [0.15, 0.2) is 24.3 Å². The molecule has 0 radical (unpaired) electrons. The Labute approximate surface area is 115 Å². The third kappa shape index (κ3) is 3.06. The van der Waals surface area contributed by atoms with E-state index in [9.17, 15) is 9.90 Å². The molecular formula is C14H16N2O2S. The molecule has 2 rings (SSSR count). The average Bonchev–Trinajstić information content (AvgIpc) is 2.70. The van der Waals surface area contributed by atoms with Crippen molar-refractivity contribution in [3.63, 3.8) is 0 Å². The number of rotatable bonds is 3. The summed E-state index contributed by atoms with van der Waals surface area (Å²) in [7, 11) is 0. The van der Waals surface area contributed by atoms with Gasteiger partial charge in [-0.1, -0.05) is 0 Å². The van der Waals surface area contributed by atoms with Crippen LogP contribution in [0.1, 0.15) is 25.7 Å². The fraction of sp³-hybridized carbons (Fsp3) is 0.214. The molecule has 0 fully saturated rings. The molecule has 0 saturated carbocycles. The van der Waals surface area contributed by atoms with Gasteiger partial charge in [0.25, 0.3) is 5.91 Å². The van der Waals surface area contributed by atoms with Crippen LogP contribution >= 0.6 is 11.3 Å². The molecule has 1 amide bonds. The smallest absolute Gasteiger partial charge is 0.261 e. The van der Waals surface area contributed by atoms with E-state index in [0.29, 0.717) is 16.1 Å². The molecule has 0 atom stereocenters. The Balaban J connectivity index is 2.06. The van der Waals surface area contributed by atoms with E-state index in [0.717, 1.165) is 10.4 Å². The number of benzene rings is 1. The Kier molecular flexibility index (Phi) is 3.76. The third-order valence-corrected chi connectivity index (χ3v) is 4.08. The SMILES string of the molecule is Cc1cc(C(=O)NCc2cc(N)ccc2O)sc1C. The van der Waals surface area contributed by atoms with Crippen molar-refractivity contribution < 1.29 is 9.90 Å². The normalized spacial score (nSPS) is 10.4. The van der Waals surface area contributed by atoms with Gasteiger partial charge in [0, 0.05) is 22.7 Å². The number of carbonyl (C=O) groups is 1. The van der Waals surface area contributed by atoms with Crippen molar-refractivity contribution in [3.05, 3.63) is 45.1 Å². The summed E-state index contributed by atoms with van der Waals surface area (Å²) in [5, 5.41) is 12.4. The van der Waals surface area contributed by atoms with E-state index in [1.807, 2.05) is 19.9 Å². The first kappa shape index (κ1) is 13.4. The molecule has 1 aromatic carbocycles. The van der Waals surface area contributed by atoms with Gasteiger partial charge in [-0.2, -0.15) is 0 Å². The number of amides is 1. The lowest BCUT2D eigenvalue weighted by Gasteiger charge is -2.07. The first-order valence-corrected chi connectivity index (χ1v) is 6.71. The van der Waals surface area contributed by atoms with Crippen LogP contribution in [-0.4, -0.2) is 11.0 Å². The van der Waals surface area contributed by atoms with Gasteiger partial charge in [-0.25, -0.2) is 0 Å². The number of phenolic OH excluding ortho intramolecular Hbond substituents is 1. The molecule has 19 heavy (non-hydrogen) atoms. The molecule has 0 aliphatic heterocycles. The van der Waals surface area contributed by atoms with Crippen molar-refractivity contribution in [1.29, 1.82) is 0 Å². The summed E-state index contributed by atoms with van der Waals surface area (Å²) >= 11 is 1.47. The van der Waals surface area contributed by atoms with E-state index in [1.54, 1.807) is 12.1 Å². The van der Waals surface area contributed by atoms with E-state index < -0.39 is 0 Å². The van der Waals surface area contributed by atoms with E-state index >= 15 is 0 Å². The van der Waals surface area contributed by atoms with Crippen LogP contribution in [0.25, 0.3) is 0 Å². The van der Waals surface area contributed by atoms with Crippen LogP contribution in [0.5, 0.6) is 5.75 Å². The molecule has 4 N–H and O–H groups in total. The van der Waals surface area contributed by atoms with Gasteiger partial charge in [-0.05, 0) is 43.7 Å². The van der Waals surface area contributed by atoms with Crippen molar-refractivity contribution in [2.45, 2.75) is 20.4 Å². The van der Waals surface area contributed by atoms with Gasteiger partial charge in [0.1, 0.15) is 5.75 Å². The number of anilines is 1. The Hall–Kier alpha value is -2.01. The molecule has 0 unspecified atom stereocenters. The zero-order valence-electron chi connectivity index (χ0n) is 10.9. The fourth-order valence-corrected chi connectivity index (χ4v) is 2.65. The maximum Gasteiger partial charge on any atom is 0.261 e. The molecule has 5 heteroatoms. The zero-order valence-corrected chi connectivity index (χ0v) is 11.7. The van der Waals surface area contributed by atoms with E-state index in [4.69, 9.17) is 5.73 Å². The van der Waals surface area contributed by atoms with Crippen molar-refractivity contribution >= 4 is 22.9 Å². The van der Waals surface area contributed by atoms with Gasteiger partial charge in [0.15, 0.2) is 0 Å². The summed E-state index contributed by atoms with van der Waals surface area (Å²) in [5.74, 6) is -0.00364. The number of hydrogen-bond acceptors (Lipinski definition) is 4. The highest BCUT2D eigenvalue weighted by molar-refractivity contribution is 7.14. The molecule has 0 spiro atoms. The van der Waals surface area contributed by atoms with E-state index in [-0.39, 0.29) is 18.2 Å². The molecule has 0 bridgehead atoms. The van der Waals surface area contributed by atoms with Crippen LogP contribution < -0.4 is 11.1 Å². The van der Waals surface area contributed by atoms with Gasteiger partial charge in [0.2, 0.25) is 0 Å². The van der Waals surface area contributed by atoms with Crippen molar-refractivity contribution in [1.82, 2.24) is 5.32 Å². The van der Waals surface area contributed by atoms with Crippen LogP contribution in [0.2, 0.25) is 0 Å². The van der Waals surface area contributed by atoms with Crippen molar-refractivity contribution in [2.24, 2.45) is 0 Å². The second-order valence-electron chi connectivity index (χ2n) is 4.42. The Bertz CT molecular complexity index is 600. The molecule has 0 aliphatic rings. The average molecular weight is 276 g/mol. The number of nitrogens with one attached hydrogen (secondary N) is 1. The first-order valence-electron chi connectivity index (χ1n) is 5.90. The van der Waals surface area contributed by atoms with E-state index in [1.165, 1.54) is 17.4 Å². The van der Waals surface area contributed by atoms with Crippen LogP contribution in [0.3, 0.4) is 0 Å². The van der Waals surface area contributed by atoms with Gasteiger partial charge in [0.05, 0.1) is 4.88 Å². The lowest BCUT2D eigenvalue weighted by molar-refractivity contribution is 0.0955. The lowest BCUT2D eigenvalue weighted by Crippen LogP contribution is -2.21. The highest BCUT2D eigenvalue weighted by Crippen LogP contribution is 2.22. The van der Waals surface area contributed by atoms with Crippen LogP contribution in [0, 0.1) is 13.8 Å². The topological polar surface area (TPSA) is 75.4 Å². The molecule has 0 aliphatic carbocycles. The first-order chi connectivity index (χ1) is 8.97. The quantitative estimate of drug-likeness (QED) is 0.596. The molecule has 100 valence electrons. The number of carbonyl (C=O) groups excluding carboxylic acids is 1. The van der Waals surface area contributed by atoms with E-state index in [2.05, 4.69) is 5.32 Å². The number of phenols is 1. The molecular weight excluding hydrogens is 260 g/mol. The molecule has 1 aromatic heterocycles. The van der Waals surface area contributed by atoms with Gasteiger partial charge in [-0.15, -0.1) is 11.3 Å². The predicted molar refractivity (Wildman–Crippen MR) is 77.5 cm³/mol. The molecule has 1 heterocycles. The van der Waals surface area contributed by atoms with Crippen LogP contribution in [-0.2, 0) is 6.54 Å². The summed E-state index contributed by atoms with van der Waals surface area (Å²) in [6.45, 7) is 4.22. The molecule has 4 nitrogen and oxygen atoms in total. The number of aryl methyl sites for hydroxylation is 2. The molecule has 2 aromatic rings. The Morgan fingerprint density at radius 2 is 2.11 bits per heavy atom. The highest BCUT2D eigenvalue weighted by atomic mass is 32.1. The largest absolute Gasteiger partial charge is 0.508 e. The van der Waals surface area contributed by atoms with Gasteiger partial charge < -0.3 is 16.2 Å². The minimum atomic E-state index is -0.136. The molecule has 0 saturated heterocycles.